The first-order valence-corrected chi connectivity index (χ1v) is 13.2. The molecule has 190 valence electrons. The fourth-order valence-electron chi connectivity index (χ4n) is 5.28. The number of imidazole rings is 1. The van der Waals surface area contributed by atoms with Gasteiger partial charge in [0.15, 0.2) is 23.5 Å². The third-order valence-electron chi connectivity index (χ3n) is 7.15. The standard InChI is InChI=1S/C25H41N5O4/c1-3-5-7-9-11-13-25(14-12-10-8-6-4-2)33-20-18(15-31)32-24(21(20)34-25)30-17-29-19-22(26)27-16-28-23(19)30/h16-18,20-21,24,31H,3-15H2,1-2H3,(H2,26,27,28)/t18-,20-,21-,24-/m1/s1. The van der Waals surface area contributed by atoms with Crippen LogP contribution in [0.4, 0.5) is 5.82 Å². The molecule has 34 heavy (non-hydrogen) atoms. The van der Waals surface area contributed by atoms with Crippen LogP contribution in [-0.4, -0.2) is 55.3 Å². The summed E-state index contributed by atoms with van der Waals surface area (Å²) in [7, 11) is 0. The minimum absolute atomic E-state index is 0.131. The van der Waals surface area contributed by atoms with Gasteiger partial charge in [-0.1, -0.05) is 65.2 Å². The lowest BCUT2D eigenvalue weighted by molar-refractivity contribution is -0.227. The topological polar surface area (TPSA) is 118 Å². The van der Waals surface area contributed by atoms with Crippen LogP contribution in [0, 0.1) is 0 Å². The Morgan fingerprint density at radius 1 is 0.912 bits per heavy atom. The summed E-state index contributed by atoms with van der Waals surface area (Å²) in [6.07, 6.45) is 15.1. The molecule has 9 heteroatoms. The fraction of sp³-hybridized carbons (Fsp3) is 0.800. The van der Waals surface area contributed by atoms with E-state index in [1.54, 1.807) is 6.33 Å². The molecule has 0 spiro atoms. The van der Waals surface area contributed by atoms with Crippen LogP contribution in [0.2, 0.25) is 0 Å². The van der Waals surface area contributed by atoms with Crippen LogP contribution in [0.15, 0.2) is 12.7 Å². The van der Waals surface area contributed by atoms with Crippen LogP contribution in [0.25, 0.3) is 11.2 Å². The SMILES string of the molecule is CCCCCCCC1(CCCCCCC)O[C@@H]2[C@H](O1)[C@@H](CO)O[C@H]2n1cnc2c(N)ncnc21. The van der Waals surface area contributed by atoms with Gasteiger partial charge in [0, 0.05) is 12.8 Å². The zero-order valence-electron chi connectivity index (χ0n) is 20.7. The number of nitrogen functional groups attached to an aromatic ring is 1. The monoisotopic (exact) mass is 475 g/mol. The second kappa shape index (κ2) is 11.7. The minimum atomic E-state index is -0.631. The van der Waals surface area contributed by atoms with Gasteiger partial charge < -0.3 is 25.1 Å². The number of anilines is 1. The van der Waals surface area contributed by atoms with E-state index in [0.29, 0.717) is 17.0 Å². The highest BCUT2D eigenvalue weighted by molar-refractivity contribution is 5.81. The minimum Gasteiger partial charge on any atom is -0.394 e. The number of aliphatic hydroxyl groups is 1. The Morgan fingerprint density at radius 2 is 1.56 bits per heavy atom. The molecule has 2 aliphatic heterocycles. The number of hydrogen-bond acceptors (Lipinski definition) is 8. The van der Waals surface area contributed by atoms with E-state index in [1.807, 2.05) is 4.57 Å². The molecular weight excluding hydrogens is 434 g/mol. The van der Waals surface area contributed by atoms with Gasteiger partial charge in [-0.3, -0.25) is 4.57 Å². The van der Waals surface area contributed by atoms with Gasteiger partial charge in [0.05, 0.1) is 12.9 Å². The Bertz CT molecular complexity index is 893. The van der Waals surface area contributed by atoms with Gasteiger partial charge in [-0.05, 0) is 12.8 Å². The van der Waals surface area contributed by atoms with E-state index in [0.717, 1.165) is 25.7 Å². The first kappa shape index (κ1) is 25.3. The molecule has 2 aliphatic rings. The van der Waals surface area contributed by atoms with E-state index in [1.165, 1.54) is 57.7 Å². The van der Waals surface area contributed by atoms with Crippen molar-refractivity contribution in [3.05, 3.63) is 12.7 Å². The number of fused-ring (bicyclic) bond motifs is 2. The molecule has 3 N–H and O–H groups in total. The second-order valence-electron chi connectivity index (χ2n) is 9.73. The number of rotatable bonds is 14. The van der Waals surface area contributed by atoms with E-state index in [9.17, 15) is 5.11 Å². The lowest BCUT2D eigenvalue weighted by Crippen LogP contribution is -2.36. The molecule has 0 saturated carbocycles. The van der Waals surface area contributed by atoms with Gasteiger partial charge in [0.25, 0.3) is 0 Å². The highest BCUT2D eigenvalue weighted by Crippen LogP contribution is 2.47. The van der Waals surface area contributed by atoms with Crippen LogP contribution < -0.4 is 5.73 Å². The Labute approximate surface area is 202 Å². The van der Waals surface area contributed by atoms with Crippen molar-refractivity contribution in [2.24, 2.45) is 0 Å². The molecule has 4 atom stereocenters. The predicted molar refractivity (Wildman–Crippen MR) is 130 cm³/mol. The number of ether oxygens (including phenoxy) is 3. The summed E-state index contributed by atoms with van der Waals surface area (Å²) < 4.78 is 21.4. The summed E-state index contributed by atoms with van der Waals surface area (Å²) in [5, 5.41) is 10.1. The molecular formula is C25H41N5O4. The average molecular weight is 476 g/mol. The summed E-state index contributed by atoms with van der Waals surface area (Å²) >= 11 is 0. The molecule has 2 saturated heterocycles. The highest BCUT2D eigenvalue weighted by atomic mass is 16.8. The van der Waals surface area contributed by atoms with Crippen molar-refractivity contribution >= 4 is 17.0 Å². The number of hydrogen-bond donors (Lipinski definition) is 2. The quantitative estimate of drug-likeness (QED) is 0.384. The molecule has 0 amide bonds. The van der Waals surface area contributed by atoms with Crippen LogP contribution in [0.3, 0.4) is 0 Å². The molecule has 4 rings (SSSR count). The van der Waals surface area contributed by atoms with Crippen LogP contribution >= 0.6 is 0 Å². The Kier molecular flexibility index (Phi) is 8.74. The molecule has 4 heterocycles. The van der Waals surface area contributed by atoms with Gasteiger partial charge in [-0.25, -0.2) is 15.0 Å². The van der Waals surface area contributed by atoms with Crippen molar-refractivity contribution in [3.8, 4) is 0 Å². The third kappa shape index (κ3) is 5.37. The molecule has 0 radical (unpaired) electrons. The van der Waals surface area contributed by atoms with Crippen LogP contribution in [0.1, 0.15) is 97.1 Å². The lowest BCUT2D eigenvalue weighted by atomic mass is 9.99. The van der Waals surface area contributed by atoms with E-state index in [2.05, 4.69) is 28.8 Å². The number of aromatic nitrogens is 4. The number of unbranched alkanes of at least 4 members (excludes halogenated alkanes) is 8. The van der Waals surface area contributed by atoms with Gasteiger partial charge in [-0.2, -0.15) is 0 Å². The second-order valence-corrected chi connectivity index (χ2v) is 9.73. The molecule has 2 aromatic rings. The van der Waals surface area contributed by atoms with Gasteiger partial charge >= 0.3 is 0 Å². The van der Waals surface area contributed by atoms with E-state index in [4.69, 9.17) is 19.9 Å². The number of nitrogens with two attached hydrogens (primary N) is 1. The zero-order valence-corrected chi connectivity index (χ0v) is 20.7. The fourth-order valence-corrected chi connectivity index (χ4v) is 5.28. The van der Waals surface area contributed by atoms with Crippen molar-refractivity contribution < 1.29 is 19.3 Å². The summed E-state index contributed by atoms with van der Waals surface area (Å²) in [6.45, 7) is 4.33. The Hall–Kier alpha value is -1.81. The highest BCUT2D eigenvalue weighted by Gasteiger charge is 2.58. The molecule has 2 fully saturated rings. The third-order valence-corrected chi connectivity index (χ3v) is 7.15. The van der Waals surface area contributed by atoms with Gasteiger partial charge in [0.2, 0.25) is 0 Å². The predicted octanol–water partition coefficient (Wildman–Crippen LogP) is 4.50. The maximum absolute atomic E-state index is 10.1. The van der Waals surface area contributed by atoms with Crippen LogP contribution in [-0.2, 0) is 14.2 Å². The maximum atomic E-state index is 10.1. The van der Waals surface area contributed by atoms with Gasteiger partial charge in [-0.15, -0.1) is 0 Å². The van der Waals surface area contributed by atoms with Crippen molar-refractivity contribution in [1.82, 2.24) is 19.5 Å². The Morgan fingerprint density at radius 3 is 2.21 bits per heavy atom. The molecule has 0 unspecified atom stereocenters. The summed E-state index contributed by atoms with van der Waals surface area (Å²) in [5.74, 6) is -0.303. The summed E-state index contributed by atoms with van der Waals surface area (Å²) in [5.41, 5.74) is 7.11. The van der Waals surface area contributed by atoms with E-state index < -0.39 is 18.1 Å². The smallest absolute Gasteiger partial charge is 0.169 e. The van der Waals surface area contributed by atoms with Crippen molar-refractivity contribution in [1.29, 1.82) is 0 Å². The van der Waals surface area contributed by atoms with E-state index >= 15 is 0 Å². The Balaban J connectivity index is 1.52. The first-order valence-electron chi connectivity index (χ1n) is 13.2. The first-order chi connectivity index (χ1) is 16.6. The van der Waals surface area contributed by atoms with Gasteiger partial charge in [0.1, 0.15) is 30.2 Å². The van der Waals surface area contributed by atoms with Crippen LogP contribution in [0.5, 0.6) is 0 Å². The molecule has 0 aliphatic carbocycles. The van der Waals surface area contributed by atoms with E-state index in [-0.39, 0.29) is 18.8 Å². The number of aliphatic hydroxyl groups excluding tert-OH is 1. The zero-order chi connectivity index (χ0) is 24.0. The normalized spacial score (nSPS) is 25.9. The lowest BCUT2D eigenvalue weighted by Gasteiger charge is -2.31. The van der Waals surface area contributed by atoms with Crippen molar-refractivity contribution in [2.45, 2.75) is 121 Å². The average Bonchev–Trinajstić information content (AvgIpc) is 3.51. The van der Waals surface area contributed by atoms with Crippen molar-refractivity contribution in [2.75, 3.05) is 12.3 Å². The molecule has 0 bridgehead atoms. The van der Waals surface area contributed by atoms with Crippen molar-refractivity contribution in [3.63, 3.8) is 0 Å². The molecule has 2 aromatic heterocycles. The molecule has 0 aromatic carbocycles. The summed E-state index contributed by atoms with van der Waals surface area (Å²) in [4.78, 5) is 12.8. The maximum Gasteiger partial charge on any atom is 0.169 e. The number of nitrogens with zero attached hydrogens (tertiary/aromatic N) is 4. The molecule has 9 nitrogen and oxygen atoms in total. The summed E-state index contributed by atoms with van der Waals surface area (Å²) in [6, 6.07) is 0. The largest absolute Gasteiger partial charge is 0.394 e.